The first-order valence-electron chi connectivity index (χ1n) is 5.56. The van der Waals surface area contributed by atoms with Gasteiger partial charge < -0.3 is 9.51 Å². The van der Waals surface area contributed by atoms with E-state index < -0.39 is 5.97 Å². The number of hydrogen-bond donors (Lipinski definition) is 1. The third-order valence-corrected chi connectivity index (χ3v) is 3.94. The van der Waals surface area contributed by atoms with Gasteiger partial charge in [0.15, 0.2) is 0 Å². The quantitative estimate of drug-likeness (QED) is 0.761. The van der Waals surface area contributed by atoms with E-state index in [-0.39, 0.29) is 0 Å². The third-order valence-electron chi connectivity index (χ3n) is 2.90. The van der Waals surface area contributed by atoms with E-state index >= 15 is 0 Å². The molecule has 1 N–H and O–H groups in total. The number of aromatic nitrogens is 1. The number of carbonyl (C=O) groups is 1. The topological polar surface area (TPSA) is 41.7 Å². The summed E-state index contributed by atoms with van der Waals surface area (Å²) in [5.74, 6) is -0.884. The number of carboxylic acids is 1. The van der Waals surface area contributed by atoms with Crippen LogP contribution in [0.2, 0.25) is 0 Å². The number of aryl methyl sites for hydroxylation is 1. The summed E-state index contributed by atoms with van der Waals surface area (Å²) in [6.45, 7) is 2.02. The Bertz CT molecular complexity index is 739. The van der Waals surface area contributed by atoms with Crippen LogP contribution < -0.4 is 0 Å². The number of hydrogen-bond acceptors (Lipinski definition) is 2. The molecule has 3 aromatic heterocycles. The molecule has 0 aromatic carbocycles. The standard InChI is InChI=1S/C14H11NO2S/c1-9-5-6-12(18-9)10-8-15-7-3-2-4-11(15)13(10)14(16)17/h2-8H,1H3,(H,16,17). The van der Waals surface area contributed by atoms with Gasteiger partial charge in [-0.15, -0.1) is 11.3 Å². The predicted molar refractivity (Wildman–Crippen MR) is 72.4 cm³/mol. The zero-order valence-electron chi connectivity index (χ0n) is 9.75. The summed E-state index contributed by atoms with van der Waals surface area (Å²) in [6, 6.07) is 9.55. The van der Waals surface area contributed by atoms with Crippen molar-refractivity contribution in [2.24, 2.45) is 0 Å². The van der Waals surface area contributed by atoms with Crippen molar-refractivity contribution in [3.8, 4) is 10.4 Å². The van der Waals surface area contributed by atoms with Crippen LogP contribution in [-0.4, -0.2) is 15.5 Å². The van der Waals surface area contributed by atoms with E-state index in [0.29, 0.717) is 5.56 Å². The fraction of sp³-hybridized carbons (Fsp3) is 0.0714. The Hall–Kier alpha value is -2.07. The summed E-state index contributed by atoms with van der Waals surface area (Å²) in [5.41, 5.74) is 1.88. The minimum Gasteiger partial charge on any atom is -0.478 e. The van der Waals surface area contributed by atoms with Crippen molar-refractivity contribution in [1.82, 2.24) is 4.40 Å². The van der Waals surface area contributed by atoms with E-state index in [1.165, 1.54) is 4.88 Å². The molecule has 18 heavy (non-hydrogen) atoms. The Kier molecular flexibility index (Phi) is 2.45. The lowest BCUT2D eigenvalue weighted by atomic mass is 10.1. The summed E-state index contributed by atoms with van der Waals surface area (Å²) >= 11 is 1.61. The highest BCUT2D eigenvalue weighted by molar-refractivity contribution is 7.15. The van der Waals surface area contributed by atoms with Gasteiger partial charge in [-0.2, -0.15) is 0 Å². The Labute approximate surface area is 108 Å². The van der Waals surface area contributed by atoms with E-state index in [0.717, 1.165) is 16.0 Å². The molecule has 4 heteroatoms. The number of nitrogens with zero attached hydrogens (tertiary/aromatic N) is 1. The largest absolute Gasteiger partial charge is 0.478 e. The van der Waals surface area contributed by atoms with Gasteiger partial charge in [0.1, 0.15) is 0 Å². The van der Waals surface area contributed by atoms with Crippen molar-refractivity contribution in [1.29, 1.82) is 0 Å². The van der Waals surface area contributed by atoms with Crippen molar-refractivity contribution in [2.75, 3.05) is 0 Å². The molecule has 0 bridgehead atoms. The van der Waals surface area contributed by atoms with E-state index in [4.69, 9.17) is 0 Å². The highest BCUT2D eigenvalue weighted by Crippen LogP contribution is 2.33. The molecule has 0 spiro atoms. The Morgan fingerprint density at radius 2 is 2.11 bits per heavy atom. The average Bonchev–Trinajstić information content (AvgIpc) is 2.91. The lowest BCUT2D eigenvalue weighted by Gasteiger charge is -1.96. The van der Waals surface area contributed by atoms with Gasteiger partial charge in [0.25, 0.3) is 0 Å². The Morgan fingerprint density at radius 1 is 1.28 bits per heavy atom. The monoisotopic (exact) mass is 257 g/mol. The maximum absolute atomic E-state index is 11.5. The molecule has 0 saturated heterocycles. The van der Waals surface area contributed by atoms with Crippen molar-refractivity contribution in [3.05, 3.63) is 53.2 Å². The van der Waals surface area contributed by atoms with Crippen LogP contribution in [0.3, 0.4) is 0 Å². The molecule has 0 saturated carbocycles. The van der Waals surface area contributed by atoms with Crippen LogP contribution >= 0.6 is 11.3 Å². The van der Waals surface area contributed by atoms with E-state index in [2.05, 4.69) is 0 Å². The van der Waals surface area contributed by atoms with Crippen LogP contribution in [0.15, 0.2) is 42.7 Å². The lowest BCUT2D eigenvalue weighted by Crippen LogP contribution is -1.97. The van der Waals surface area contributed by atoms with Crippen molar-refractivity contribution >= 4 is 22.8 Å². The van der Waals surface area contributed by atoms with Crippen molar-refractivity contribution in [2.45, 2.75) is 6.92 Å². The number of fused-ring (bicyclic) bond motifs is 1. The van der Waals surface area contributed by atoms with Crippen LogP contribution in [0.1, 0.15) is 15.2 Å². The molecule has 3 heterocycles. The highest BCUT2D eigenvalue weighted by atomic mass is 32.1. The van der Waals surface area contributed by atoms with E-state index in [9.17, 15) is 9.90 Å². The van der Waals surface area contributed by atoms with Gasteiger partial charge in [-0.1, -0.05) is 6.07 Å². The first kappa shape index (κ1) is 11.0. The van der Waals surface area contributed by atoms with Gasteiger partial charge in [0, 0.05) is 27.7 Å². The SMILES string of the molecule is Cc1ccc(-c2cn3ccccc3c2C(=O)O)s1. The summed E-state index contributed by atoms with van der Waals surface area (Å²) in [6.07, 6.45) is 3.75. The van der Waals surface area contributed by atoms with Crippen LogP contribution in [0.5, 0.6) is 0 Å². The van der Waals surface area contributed by atoms with Crippen LogP contribution in [0, 0.1) is 6.92 Å². The molecule has 0 aliphatic heterocycles. The normalized spacial score (nSPS) is 10.9. The van der Waals surface area contributed by atoms with E-state index in [1.54, 1.807) is 11.3 Å². The molecule has 0 radical (unpaired) electrons. The number of pyridine rings is 1. The molecule has 3 nitrogen and oxygen atoms in total. The molecule has 0 unspecified atom stereocenters. The van der Waals surface area contributed by atoms with Gasteiger partial charge in [0.2, 0.25) is 0 Å². The zero-order valence-corrected chi connectivity index (χ0v) is 10.6. The van der Waals surface area contributed by atoms with Gasteiger partial charge in [-0.25, -0.2) is 4.79 Å². The second-order valence-electron chi connectivity index (χ2n) is 4.13. The van der Waals surface area contributed by atoms with Crippen LogP contribution in [0.25, 0.3) is 16.0 Å². The molecule has 3 aromatic rings. The number of rotatable bonds is 2. The smallest absolute Gasteiger partial charge is 0.338 e. The van der Waals surface area contributed by atoms with Crippen LogP contribution in [-0.2, 0) is 0 Å². The minimum absolute atomic E-state index is 0.373. The number of carboxylic acid groups (broad SMARTS) is 1. The molecular weight excluding hydrogens is 246 g/mol. The average molecular weight is 257 g/mol. The van der Waals surface area contributed by atoms with Gasteiger partial charge >= 0.3 is 5.97 Å². The van der Waals surface area contributed by atoms with Crippen LogP contribution in [0.4, 0.5) is 0 Å². The summed E-state index contributed by atoms with van der Waals surface area (Å²) in [5, 5.41) is 9.41. The van der Waals surface area contributed by atoms with Crippen molar-refractivity contribution < 1.29 is 9.90 Å². The fourth-order valence-corrected chi connectivity index (χ4v) is 3.00. The predicted octanol–water partition coefficient (Wildman–Crippen LogP) is 3.67. The maximum atomic E-state index is 11.5. The van der Waals surface area contributed by atoms with Gasteiger partial charge in [-0.3, -0.25) is 0 Å². The Morgan fingerprint density at radius 3 is 2.78 bits per heavy atom. The molecule has 0 amide bonds. The second kappa shape index (κ2) is 3.99. The van der Waals surface area contributed by atoms with E-state index in [1.807, 2.05) is 54.0 Å². The molecule has 90 valence electrons. The van der Waals surface area contributed by atoms with Crippen molar-refractivity contribution in [3.63, 3.8) is 0 Å². The first-order valence-corrected chi connectivity index (χ1v) is 6.38. The Balaban J connectivity index is 2.34. The minimum atomic E-state index is -0.884. The van der Waals surface area contributed by atoms with Gasteiger partial charge in [-0.05, 0) is 31.2 Å². The molecule has 0 fully saturated rings. The molecule has 3 rings (SSSR count). The summed E-state index contributed by atoms with van der Waals surface area (Å²) < 4.78 is 1.86. The van der Waals surface area contributed by atoms with Gasteiger partial charge in [0.05, 0.1) is 11.1 Å². The molecule has 0 aliphatic carbocycles. The first-order chi connectivity index (χ1) is 8.66. The number of aromatic carboxylic acids is 1. The maximum Gasteiger partial charge on any atom is 0.338 e. The molecule has 0 aliphatic rings. The zero-order chi connectivity index (χ0) is 12.7. The third kappa shape index (κ3) is 1.62. The highest BCUT2D eigenvalue weighted by Gasteiger charge is 2.18. The summed E-state index contributed by atoms with van der Waals surface area (Å²) in [7, 11) is 0. The fourth-order valence-electron chi connectivity index (χ4n) is 2.11. The molecule has 0 atom stereocenters. The number of thiophene rings is 1. The second-order valence-corrected chi connectivity index (χ2v) is 5.41. The molecular formula is C14H11NO2S. The lowest BCUT2D eigenvalue weighted by molar-refractivity contribution is 0.0700. The summed E-state index contributed by atoms with van der Waals surface area (Å²) in [4.78, 5) is 13.6.